The smallest absolute Gasteiger partial charge is 0.166 e. The van der Waals surface area contributed by atoms with Crippen LogP contribution >= 0.6 is 12.2 Å². The van der Waals surface area contributed by atoms with Gasteiger partial charge in [-0.05, 0) is 85.7 Å². The van der Waals surface area contributed by atoms with E-state index in [0.717, 1.165) is 34.7 Å². The quantitative estimate of drug-likeness (QED) is 0.583. The number of hydrogen-bond acceptors (Lipinski definition) is 1. The second-order valence-electron chi connectivity index (χ2n) is 9.63. The fourth-order valence-electron chi connectivity index (χ4n) is 6.56. The van der Waals surface area contributed by atoms with Crippen LogP contribution in [0.4, 0.5) is 0 Å². The van der Waals surface area contributed by atoms with Gasteiger partial charge in [0.25, 0.3) is 0 Å². The van der Waals surface area contributed by atoms with Gasteiger partial charge in [0.1, 0.15) is 0 Å². The highest BCUT2D eigenvalue weighted by Gasteiger charge is 2.52. The molecule has 7 atom stereocenters. The molecule has 4 rings (SSSR count). The van der Waals surface area contributed by atoms with Crippen LogP contribution in [-0.2, 0) is 0 Å². The predicted molar refractivity (Wildman–Crippen MR) is 100 cm³/mol. The standard InChI is InChI=1S/C20H32N2S/c1-12-7-14(11-20(2,3)10-12)21-19(23)22-18-9-13-8-17(18)16-6-4-5-15(13)16/h4,6,12-18H,5,7-11H2,1-3H3,(H2,21,22,23)/t12-,13-,14+,15-,16+,17+,18-/m1/s1. The highest BCUT2D eigenvalue weighted by molar-refractivity contribution is 7.80. The third-order valence-corrected chi connectivity index (χ3v) is 7.28. The van der Waals surface area contributed by atoms with E-state index in [0.29, 0.717) is 17.5 Å². The fraction of sp³-hybridized carbons (Fsp3) is 0.850. The molecule has 0 spiro atoms. The molecule has 3 fully saturated rings. The molecule has 128 valence electrons. The van der Waals surface area contributed by atoms with Crippen LogP contribution in [0.2, 0.25) is 0 Å². The lowest BCUT2D eigenvalue weighted by atomic mass is 9.71. The van der Waals surface area contributed by atoms with Crippen LogP contribution in [0.25, 0.3) is 0 Å². The second-order valence-corrected chi connectivity index (χ2v) is 10.0. The van der Waals surface area contributed by atoms with Gasteiger partial charge in [-0.15, -0.1) is 0 Å². The summed E-state index contributed by atoms with van der Waals surface area (Å²) in [6, 6.07) is 1.16. The summed E-state index contributed by atoms with van der Waals surface area (Å²) in [6.45, 7) is 7.18. The Morgan fingerprint density at radius 3 is 2.70 bits per heavy atom. The van der Waals surface area contributed by atoms with E-state index in [4.69, 9.17) is 12.2 Å². The average molecular weight is 333 g/mol. The Labute approximate surface area is 146 Å². The van der Waals surface area contributed by atoms with Crippen LogP contribution in [0.5, 0.6) is 0 Å². The number of thiocarbonyl (C=S) groups is 1. The summed E-state index contributed by atoms with van der Waals surface area (Å²) < 4.78 is 0. The Hall–Kier alpha value is -0.570. The molecular formula is C20H32N2S. The molecule has 0 radical (unpaired) electrons. The van der Waals surface area contributed by atoms with Crippen molar-refractivity contribution in [2.45, 2.75) is 71.4 Å². The van der Waals surface area contributed by atoms with Crippen LogP contribution in [0.1, 0.15) is 59.3 Å². The summed E-state index contributed by atoms with van der Waals surface area (Å²) in [4.78, 5) is 0. The Morgan fingerprint density at radius 1 is 1.09 bits per heavy atom. The molecule has 0 amide bonds. The largest absolute Gasteiger partial charge is 0.360 e. The van der Waals surface area contributed by atoms with Gasteiger partial charge in [0.15, 0.2) is 5.11 Å². The molecule has 0 aromatic heterocycles. The zero-order valence-corrected chi connectivity index (χ0v) is 15.7. The van der Waals surface area contributed by atoms with Crippen molar-refractivity contribution in [3.63, 3.8) is 0 Å². The minimum atomic E-state index is 0.444. The van der Waals surface area contributed by atoms with E-state index in [9.17, 15) is 0 Å². The van der Waals surface area contributed by atoms with Gasteiger partial charge in [-0.25, -0.2) is 0 Å². The van der Waals surface area contributed by atoms with Gasteiger partial charge in [0, 0.05) is 12.1 Å². The third kappa shape index (κ3) is 3.06. The normalized spacial score (nSPS) is 46.7. The van der Waals surface area contributed by atoms with E-state index in [1.807, 2.05) is 0 Å². The number of allylic oxidation sites excluding steroid dienone is 2. The minimum absolute atomic E-state index is 0.444. The molecule has 2 N–H and O–H groups in total. The van der Waals surface area contributed by atoms with Gasteiger partial charge in [-0.1, -0.05) is 32.9 Å². The predicted octanol–water partition coefficient (Wildman–Crippen LogP) is 4.27. The van der Waals surface area contributed by atoms with Crippen molar-refractivity contribution >= 4 is 17.3 Å². The maximum atomic E-state index is 5.68. The molecule has 0 aromatic carbocycles. The van der Waals surface area contributed by atoms with Crippen molar-refractivity contribution in [2.24, 2.45) is 35.0 Å². The number of rotatable bonds is 2. The molecule has 0 saturated heterocycles. The number of nitrogens with one attached hydrogen (secondary N) is 2. The zero-order valence-electron chi connectivity index (χ0n) is 14.8. The summed E-state index contributed by atoms with van der Waals surface area (Å²) in [7, 11) is 0. The lowest BCUT2D eigenvalue weighted by Gasteiger charge is -2.40. The van der Waals surface area contributed by atoms with Crippen molar-refractivity contribution in [2.75, 3.05) is 0 Å². The zero-order chi connectivity index (χ0) is 16.2. The van der Waals surface area contributed by atoms with Gasteiger partial charge in [0.2, 0.25) is 0 Å². The molecule has 2 nitrogen and oxygen atoms in total. The first-order valence-electron chi connectivity index (χ1n) is 9.65. The van der Waals surface area contributed by atoms with Crippen molar-refractivity contribution in [1.82, 2.24) is 10.6 Å². The Bertz CT molecular complexity index is 512. The molecule has 4 aliphatic rings. The highest BCUT2D eigenvalue weighted by atomic mass is 32.1. The maximum absolute atomic E-state index is 5.68. The highest BCUT2D eigenvalue weighted by Crippen LogP contribution is 2.56. The Kier molecular flexibility index (Phi) is 3.98. The number of fused-ring (bicyclic) bond motifs is 5. The molecule has 3 heteroatoms. The fourth-order valence-corrected chi connectivity index (χ4v) is 6.88. The molecule has 0 unspecified atom stereocenters. The van der Waals surface area contributed by atoms with Crippen molar-refractivity contribution in [3.05, 3.63) is 12.2 Å². The van der Waals surface area contributed by atoms with Crippen molar-refractivity contribution in [1.29, 1.82) is 0 Å². The van der Waals surface area contributed by atoms with Gasteiger partial charge in [-0.2, -0.15) is 0 Å². The molecular weight excluding hydrogens is 300 g/mol. The van der Waals surface area contributed by atoms with Gasteiger partial charge in [-0.3, -0.25) is 0 Å². The van der Waals surface area contributed by atoms with E-state index < -0.39 is 0 Å². The lowest BCUT2D eigenvalue weighted by molar-refractivity contribution is 0.161. The van der Waals surface area contributed by atoms with E-state index in [2.05, 4.69) is 43.6 Å². The average Bonchev–Trinajstić information content (AvgIpc) is 3.06. The van der Waals surface area contributed by atoms with Crippen molar-refractivity contribution in [3.8, 4) is 0 Å². The first-order valence-corrected chi connectivity index (χ1v) is 10.1. The molecule has 0 heterocycles. The molecule has 0 aromatic rings. The first kappa shape index (κ1) is 15.9. The molecule has 0 aliphatic heterocycles. The molecule has 2 bridgehead atoms. The molecule has 23 heavy (non-hydrogen) atoms. The maximum Gasteiger partial charge on any atom is 0.166 e. The van der Waals surface area contributed by atoms with E-state index in [1.54, 1.807) is 0 Å². The Balaban J connectivity index is 1.32. The van der Waals surface area contributed by atoms with Crippen LogP contribution in [0.15, 0.2) is 12.2 Å². The topological polar surface area (TPSA) is 24.1 Å². The van der Waals surface area contributed by atoms with Gasteiger partial charge < -0.3 is 10.6 Å². The third-order valence-electron chi connectivity index (χ3n) is 7.05. The summed E-state index contributed by atoms with van der Waals surface area (Å²) in [6.07, 6.45) is 12.8. The van der Waals surface area contributed by atoms with Gasteiger partial charge in [0.05, 0.1) is 0 Å². The Morgan fingerprint density at radius 2 is 1.91 bits per heavy atom. The summed E-state index contributed by atoms with van der Waals surface area (Å²) in [5, 5.41) is 8.27. The first-order chi connectivity index (χ1) is 10.9. The van der Waals surface area contributed by atoms with Crippen LogP contribution in [-0.4, -0.2) is 17.2 Å². The van der Waals surface area contributed by atoms with E-state index in [-0.39, 0.29) is 0 Å². The molecule has 3 saturated carbocycles. The monoisotopic (exact) mass is 332 g/mol. The van der Waals surface area contributed by atoms with Crippen LogP contribution < -0.4 is 10.6 Å². The van der Waals surface area contributed by atoms with E-state index >= 15 is 0 Å². The second kappa shape index (κ2) is 5.75. The van der Waals surface area contributed by atoms with Gasteiger partial charge >= 0.3 is 0 Å². The minimum Gasteiger partial charge on any atom is -0.360 e. The number of hydrogen-bond donors (Lipinski definition) is 2. The van der Waals surface area contributed by atoms with Crippen LogP contribution in [0.3, 0.4) is 0 Å². The summed E-state index contributed by atoms with van der Waals surface area (Å²) in [5.74, 6) is 4.35. The van der Waals surface area contributed by atoms with E-state index in [1.165, 1.54) is 38.5 Å². The summed E-state index contributed by atoms with van der Waals surface area (Å²) >= 11 is 5.68. The SMILES string of the molecule is C[C@@H]1C[C@H](NC(=S)N[C@@H]2C[C@H]3C[C@H]2[C@H]2C=CC[C@H]32)CC(C)(C)C1. The summed E-state index contributed by atoms with van der Waals surface area (Å²) in [5.41, 5.74) is 0.444. The lowest BCUT2D eigenvalue weighted by Crippen LogP contribution is -2.51. The van der Waals surface area contributed by atoms with Crippen molar-refractivity contribution < 1.29 is 0 Å². The molecule has 4 aliphatic carbocycles. The van der Waals surface area contributed by atoms with Crippen LogP contribution in [0, 0.1) is 35.0 Å².